The zero-order valence-corrected chi connectivity index (χ0v) is 14.8. The minimum absolute atomic E-state index is 0.256. The fourth-order valence-corrected chi connectivity index (χ4v) is 3.77. The van der Waals surface area contributed by atoms with Crippen LogP contribution >= 0.6 is 0 Å². The molecule has 0 aliphatic carbocycles. The third-order valence-electron chi connectivity index (χ3n) is 5.01. The van der Waals surface area contributed by atoms with Crippen LogP contribution in [0.2, 0.25) is 0 Å². The van der Waals surface area contributed by atoms with Crippen molar-refractivity contribution < 1.29 is 14.7 Å². The maximum Gasteiger partial charge on any atom is 0.241 e. The molecule has 4 aromatic rings. The number of hydrogen-bond donors (Lipinski definition) is 2. The number of nitrogens with one attached hydrogen (secondary N) is 1. The van der Waals surface area contributed by atoms with E-state index in [1.54, 1.807) is 17.2 Å². The van der Waals surface area contributed by atoms with E-state index in [2.05, 4.69) is 10.4 Å². The Morgan fingerprint density at radius 1 is 0.964 bits per heavy atom. The Morgan fingerprint density at radius 3 is 2.68 bits per heavy atom. The highest BCUT2D eigenvalue weighted by atomic mass is 16.3. The Balaban J connectivity index is 1.81. The minimum atomic E-state index is -0.344. The van der Waals surface area contributed by atoms with E-state index in [0.717, 1.165) is 16.2 Å². The lowest BCUT2D eigenvalue weighted by molar-refractivity contribution is -0.124. The van der Waals surface area contributed by atoms with Gasteiger partial charge in [-0.3, -0.25) is 14.5 Å². The van der Waals surface area contributed by atoms with Crippen molar-refractivity contribution in [3.63, 3.8) is 0 Å². The first-order valence-electron chi connectivity index (χ1n) is 8.87. The molecule has 0 bridgehead atoms. The summed E-state index contributed by atoms with van der Waals surface area (Å²) in [4.78, 5) is 27.0. The Kier molecular flexibility index (Phi) is 3.63. The highest BCUT2D eigenvalue weighted by Crippen LogP contribution is 2.41. The molecule has 5 rings (SSSR count). The van der Waals surface area contributed by atoms with E-state index in [1.807, 2.05) is 48.5 Å². The number of aromatic nitrogens is 2. The van der Waals surface area contributed by atoms with Gasteiger partial charge < -0.3 is 10.4 Å². The summed E-state index contributed by atoms with van der Waals surface area (Å²) in [6, 6.07) is 16.9. The molecule has 1 aromatic heterocycles. The van der Waals surface area contributed by atoms with Gasteiger partial charge in [0.15, 0.2) is 0 Å². The highest BCUT2D eigenvalue weighted by molar-refractivity contribution is 6.22. The van der Waals surface area contributed by atoms with Crippen molar-refractivity contribution in [2.24, 2.45) is 0 Å². The SMILES string of the molecule is O=C1CC(=O)N(c2cccc3c2cnn3CO)c2ccc3ccccc3c2N1. The molecule has 7 nitrogen and oxygen atoms in total. The van der Waals surface area contributed by atoms with Crippen LogP contribution in [0.5, 0.6) is 0 Å². The number of rotatable bonds is 2. The Hall–Kier alpha value is -3.71. The number of hydrogen-bond acceptors (Lipinski definition) is 4. The van der Waals surface area contributed by atoms with E-state index in [-0.39, 0.29) is 25.0 Å². The van der Waals surface area contributed by atoms with Crippen LogP contribution in [0, 0.1) is 0 Å². The molecular weight excluding hydrogens is 356 g/mol. The number of aliphatic hydroxyl groups excluding tert-OH is 1. The quantitative estimate of drug-likeness (QED) is 0.529. The van der Waals surface area contributed by atoms with Gasteiger partial charge in [-0.1, -0.05) is 36.4 Å². The Morgan fingerprint density at radius 2 is 1.82 bits per heavy atom. The van der Waals surface area contributed by atoms with Gasteiger partial charge in [0, 0.05) is 10.8 Å². The first kappa shape index (κ1) is 16.5. The maximum atomic E-state index is 13.0. The molecule has 0 unspecified atom stereocenters. The van der Waals surface area contributed by atoms with Gasteiger partial charge >= 0.3 is 0 Å². The summed E-state index contributed by atoms with van der Waals surface area (Å²) in [7, 11) is 0. The van der Waals surface area contributed by atoms with Gasteiger partial charge in [0.2, 0.25) is 11.8 Å². The second kappa shape index (κ2) is 6.17. The molecule has 3 aromatic carbocycles. The van der Waals surface area contributed by atoms with E-state index < -0.39 is 0 Å². The lowest BCUT2D eigenvalue weighted by atomic mass is 10.1. The van der Waals surface area contributed by atoms with Crippen LogP contribution in [0.4, 0.5) is 17.1 Å². The molecule has 7 heteroatoms. The van der Waals surface area contributed by atoms with Crippen molar-refractivity contribution in [3.8, 4) is 0 Å². The second-order valence-corrected chi connectivity index (χ2v) is 6.63. The number of carbonyl (C=O) groups excluding carboxylic acids is 2. The molecule has 138 valence electrons. The van der Waals surface area contributed by atoms with E-state index in [9.17, 15) is 14.7 Å². The van der Waals surface area contributed by atoms with Crippen LogP contribution in [0.1, 0.15) is 6.42 Å². The predicted octanol–water partition coefficient (Wildman–Crippen LogP) is 3.15. The fourth-order valence-electron chi connectivity index (χ4n) is 3.77. The Bertz CT molecular complexity index is 1260. The molecule has 0 saturated heterocycles. The van der Waals surface area contributed by atoms with Crippen molar-refractivity contribution >= 4 is 50.6 Å². The van der Waals surface area contributed by atoms with Gasteiger partial charge in [0.1, 0.15) is 13.2 Å². The molecule has 28 heavy (non-hydrogen) atoms. The summed E-state index contributed by atoms with van der Waals surface area (Å²) in [5.74, 6) is -0.667. The molecule has 1 aliphatic rings. The van der Waals surface area contributed by atoms with Crippen molar-refractivity contribution in [2.45, 2.75) is 13.2 Å². The number of fused-ring (bicyclic) bond motifs is 4. The van der Waals surface area contributed by atoms with Crippen molar-refractivity contribution in [1.29, 1.82) is 0 Å². The Labute approximate surface area is 159 Å². The van der Waals surface area contributed by atoms with Gasteiger partial charge in [-0.2, -0.15) is 5.10 Å². The topological polar surface area (TPSA) is 87.5 Å². The molecule has 0 radical (unpaired) electrons. The number of amides is 2. The molecule has 2 heterocycles. The van der Waals surface area contributed by atoms with Crippen molar-refractivity contribution in [1.82, 2.24) is 9.78 Å². The maximum absolute atomic E-state index is 13.0. The van der Waals surface area contributed by atoms with Gasteiger partial charge in [0.05, 0.1) is 28.8 Å². The van der Waals surface area contributed by atoms with Crippen LogP contribution in [-0.4, -0.2) is 26.7 Å². The normalized spacial score (nSPS) is 14.2. The molecule has 1 aliphatic heterocycles. The fraction of sp³-hybridized carbons (Fsp3) is 0.0952. The number of nitrogens with zero attached hydrogens (tertiary/aromatic N) is 3. The van der Waals surface area contributed by atoms with Gasteiger partial charge in [-0.25, -0.2) is 4.68 Å². The summed E-state index contributed by atoms with van der Waals surface area (Å²) in [5, 5.41) is 19.1. The van der Waals surface area contributed by atoms with Gasteiger partial charge in [0.25, 0.3) is 0 Å². The van der Waals surface area contributed by atoms with Gasteiger partial charge in [-0.15, -0.1) is 0 Å². The first-order valence-corrected chi connectivity index (χ1v) is 8.87. The van der Waals surface area contributed by atoms with Crippen molar-refractivity contribution in [2.75, 3.05) is 10.2 Å². The largest absolute Gasteiger partial charge is 0.374 e. The summed E-state index contributed by atoms with van der Waals surface area (Å²) in [6.45, 7) is -0.262. The molecule has 0 atom stereocenters. The third kappa shape index (κ3) is 2.37. The lowest BCUT2D eigenvalue weighted by Crippen LogP contribution is -2.26. The molecule has 0 spiro atoms. The molecular formula is C21H16N4O3. The van der Waals surface area contributed by atoms with Gasteiger partial charge in [-0.05, 0) is 23.6 Å². The second-order valence-electron chi connectivity index (χ2n) is 6.63. The van der Waals surface area contributed by atoms with E-state index in [1.165, 1.54) is 4.68 Å². The molecule has 0 saturated carbocycles. The number of aliphatic hydroxyl groups is 1. The highest BCUT2D eigenvalue weighted by Gasteiger charge is 2.30. The molecule has 0 fully saturated rings. The summed E-state index contributed by atoms with van der Waals surface area (Å²) in [6.07, 6.45) is 1.36. The van der Waals surface area contributed by atoms with Crippen molar-refractivity contribution in [3.05, 3.63) is 60.8 Å². The average molecular weight is 372 g/mol. The number of anilines is 3. The van der Waals surface area contributed by atoms with Crippen LogP contribution in [0.3, 0.4) is 0 Å². The average Bonchev–Trinajstić information content (AvgIpc) is 3.08. The minimum Gasteiger partial charge on any atom is -0.374 e. The van der Waals surface area contributed by atoms with E-state index >= 15 is 0 Å². The summed E-state index contributed by atoms with van der Waals surface area (Å²) in [5.41, 5.74) is 2.55. The summed E-state index contributed by atoms with van der Waals surface area (Å²) < 4.78 is 1.45. The van der Waals surface area contributed by atoms with Crippen LogP contribution in [0.25, 0.3) is 21.7 Å². The molecule has 2 amide bonds. The first-order chi connectivity index (χ1) is 13.7. The smallest absolute Gasteiger partial charge is 0.241 e. The number of carbonyl (C=O) groups is 2. The summed E-state index contributed by atoms with van der Waals surface area (Å²) >= 11 is 0. The zero-order chi connectivity index (χ0) is 19.3. The molecule has 2 N–H and O–H groups in total. The zero-order valence-electron chi connectivity index (χ0n) is 14.8. The standard InChI is InChI=1S/C21H16N4O3/c26-12-24-16-6-3-7-17(15(16)11-22-24)25-18-9-8-13-4-1-2-5-14(13)21(18)23-19(27)10-20(25)28/h1-9,11,26H,10,12H2,(H,23,27). The predicted molar refractivity (Wildman–Crippen MR) is 106 cm³/mol. The van der Waals surface area contributed by atoms with Crippen LogP contribution in [-0.2, 0) is 16.3 Å². The monoisotopic (exact) mass is 372 g/mol. The number of benzene rings is 3. The van der Waals surface area contributed by atoms with Crippen LogP contribution < -0.4 is 10.2 Å². The third-order valence-corrected chi connectivity index (χ3v) is 5.01. The van der Waals surface area contributed by atoms with Crippen LogP contribution in [0.15, 0.2) is 60.8 Å². The van der Waals surface area contributed by atoms with E-state index in [4.69, 9.17) is 0 Å². The lowest BCUT2D eigenvalue weighted by Gasteiger charge is -2.24. The van der Waals surface area contributed by atoms with E-state index in [0.29, 0.717) is 22.6 Å².